The molecular formula is C18H16N2O5S. The van der Waals surface area contributed by atoms with Gasteiger partial charge in [0.15, 0.2) is 5.78 Å². The molecule has 1 aliphatic heterocycles. The third kappa shape index (κ3) is 2.68. The summed E-state index contributed by atoms with van der Waals surface area (Å²) in [6.45, 7) is 0. The highest BCUT2D eigenvalue weighted by Crippen LogP contribution is 2.34. The zero-order valence-corrected chi connectivity index (χ0v) is 14.4. The number of rotatable bonds is 3. The predicted molar refractivity (Wildman–Crippen MR) is 95.0 cm³/mol. The second-order valence-electron chi connectivity index (χ2n) is 6.37. The summed E-state index contributed by atoms with van der Waals surface area (Å²) in [5.74, 6) is -0.883. The van der Waals surface area contributed by atoms with E-state index in [2.05, 4.69) is 0 Å². The van der Waals surface area contributed by atoms with E-state index in [9.17, 15) is 23.4 Å². The minimum absolute atomic E-state index is 0.0198. The van der Waals surface area contributed by atoms with Gasteiger partial charge >= 0.3 is 10.2 Å². The molecule has 3 N–H and O–H groups in total. The zero-order valence-electron chi connectivity index (χ0n) is 13.6. The molecule has 26 heavy (non-hydrogen) atoms. The van der Waals surface area contributed by atoms with Crippen LogP contribution < -0.4 is 9.03 Å². The van der Waals surface area contributed by atoms with E-state index in [4.69, 9.17) is 0 Å². The van der Waals surface area contributed by atoms with Crippen molar-refractivity contribution in [3.63, 3.8) is 0 Å². The van der Waals surface area contributed by atoms with Crippen molar-refractivity contribution < 1.29 is 23.4 Å². The van der Waals surface area contributed by atoms with Gasteiger partial charge < -0.3 is 10.2 Å². The van der Waals surface area contributed by atoms with Crippen LogP contribution in [-0.4, -0.2) is 24.4 Å². The highest BCUT2D eigenvalue weighted by Gasteiger charge is 2.32. The van der Waals surface area contributed by atoms with Crippen molar-refractivity contribution in [2.24, 2.45) is 5.92 Å². The SMILES string of the molecule is O=C1c2ccccc2CC1Cc1ccc(N2C=C(O)NS2(=O)=O)c(O)c1. The van der Waals surface area contributed by atoms with Gasteiger partial charge in [0.05, 0.1) is 6.20 Å². The van der Waals surface area contributed by atoms with E-state index in [0.717, 1.165) is 27.2 Å². The highest BCUT2D eigenvalue weighted by atomic mass is 32.2. The third-order valence-electron chi connectivity index (χ3n) is 4.61. The number of nitrogens with zero attached hydrogens (tertiary/aromatic N) is 1. The molecule has 0 saturated heterocycles. The lowest BCUT2D eigenvalue weighted by atomic mass is 9.95. The topological polar surface area (TPSA) is 107 Å². The number of Topliss-reactive ketones (excluding diaryl/α,β-unsaturated/α-hetero) is 1. The van der Waals surface area contributed by atoms with Gasteiger partial charge in [-0.1, -0.05) is 30.3 Å². The molecule has 1 heterocycles. The number of anilines is 1. The Bertz CT molecular complexity index is 1050. The van der Waals surface area contributed by atoms with Crippen LogP contribution in [0.4, 0.5) is 5.69 Å². The molecule has 0 aromatic heterocycles. The Balaban J connectivity index is 1.57. The van der Waals surface area contributed by atoms with Crippen molar-refractivity contribution in [1.82, 2.24) is 4.72 Å². The first kappa shape index (κ1) is 16.5. The molecule has 2 aromatic carbocycles. The normalized spacial score (nSPS) is 20.6. The van der Waals surface area contributed by atoms with Crippen molar-refractivity contribution in [2.75, 3.05) is 4.31 Å². The summed E-state index contributed by atoms with van der Waals surface area (Å²) < 4.78 is 26.5. The fourth-order valence-corrected chi connectivity index (χ4v) is 4.50. The van der Waals surface area contributed by atoms with Gasteiger partial charge in [-0.25, -0.2) is 9.03 Å². The second-order valence-corrected chi connectivity index (χ2v) is 7.91. The second kappa shape index (κ2) is 5.77. The molecular weight excluding hydrogens is 356 g/mol. The number of nitrogens with one attached hydrogen (secondary N) is 1. The molecule has 0 spiro atoms. The van der Waals surface area contributed by atoms with E-state index in [1.165, 1.54) is 12.1 Å². The van der Waals surface area contributed by atoms with Gasteiger partial charge in [-0.2, -0.15) is 8.42 Å². The maximum absolute atomic E-state index is 12.5. The van der Waals surface area contributed by atoms with E-state index in [1.54, 1.807) is 6.07 Å². The number of hydrogen-bond donors (Lipinski definition) is 3. The summed E-state index contributed by atoms with van der Waals surface area (Å²) in [6, 6.07) is 12.1. The van der Waals surface area contributed by atoms with E-state index >= 15 is 0 Å². The Kier molecular flexibility index (Phi) is 3.66. The largest absolute Gasteiger partial charge is 0.506 e. The van der Waals surface area contributed by atoms with E-state index in [1.807, 2.05) is 29.0 Å². The average Bonchev–Trinajstić information content (AvgIpc) is 3.04. The number of fused-ring (bicyclic) bond motifs is 1. The maximum Gasteiger partial charge on any atom is 0.330 e. The number of aliphatic hydroxyl groups is 1. The van der Waals surface area contributed by atoms with Crippen molar-refractivity contribution in [1.29, 1.82) is 0 Å². The highest BCUT2D eigenvalue weighted by molar-refractivity contribution is 7.91. The fourth-order valence-electron chi connectivity index (χ4n) is 3.44. The molecule has 0 radical (unpaired) electrons. The molecule has 0 amide bonds. The van der Waals surface area contributed by atoms with E-state index < -0.39 is 16.1 Å². The molecule has 1 aliphatic carbocycles. The van der Waals surface area contributed by atoms with Crippen LogP contribution in [0.3, 0.4) is 0 Å². The van der Waals surface area contributed by atoms with Crippen LogP contribution in [-0.2, 0) is 23.1 Å². The lowest BCUT2D eigenvalue weighted by molar-refractivity contribution is 0.0936. The monoisotopic (exact) mass is 372 g/mol. The Morgan fingerprint density at radius 1 is 1.15 bits per heavy atom. The van der Waals surface area contributed by atoms with Crippen molar-refractivity contribution in [2.45, 2.75) is 12.8 Å². The quantitative estimate of drug-likeness (QED) is 0.764. The van der Waals surface area contributed by atoms with Gasteiger partial charge in [0.2, 0.25) is 5.88 Å². The molecule has 2 aromatic rings. The minimum atomic E-state index is -3.97. The van der Waals surface area contributed by atoms with Crippen LogP contribution in [0.15, 0.2) is 54.5 Å². The maximum atomic E-state index is 12.5. The Hall–Kier alpha value is -3.00. The van der Waals surface area contributed by atoms with Gasteiger partial charge in [0.1, 0.15) is 11.4 Å². The van der Waals surface area contributed by atoms with Crippen LogP contribution in [0.25, 0.3) is 0 Å². The van der Waals surface area contributed by atoms with Gasteiger partial charge in [-0.05, 0) is 36.1 Å². The number of ketones is 1. The molecule has 0 bridgehead atoms. The molecule has 1 unspecified atom stereocenters. The van der Waals surface area contributed by atoms with Crippen molar-refractivity contribution >= 4 is 21.7 Å². The molecule has 134 valence electrons. The molecule has 8 heteroatoms. The number of benzene rings is 2. The summed E-state index contributed by atoms with van der Waals surface area (Å²) in [7, 11) is -3.97. The van der Waals surface area contributed by atoms with E-state index in [0.29, 0.717) is 12.8 Å². The standard InChI is InChI=1S/C18H16N2O5S/c21-16-8-11(5-6-15(16)20-10-17(22)19-26(20,24)25)7-13-9-12-3-1-2-4-14(12)18(13)23/h1-6,8,10,13,19,21-22H,7,9H2. The average molecular weight is 372 g/mol. The van der Waals surface area contributed by atoms with E-state index in [-0.39, 0.29) is 23.1 Å². The first-order valence-electron chi connectivity index (χ1n) is 8.02. The number of carbonyl (C=O) groups is 1. The van der Waals surface area contributed by atoms with Gasteiger partial charge in [0, 0.05) is 11.5 Å². The van der Waals surface area contributed by atoms with Crippen LogP contribution in [0.2, 0.25) is 0 Å². The Morgan fingerprint density at radius 3 is 2.58 bits per heavy atom. The lowest BCUT2D eigenvalue weighted by Gasteiger charge is -2.16. The molecule has 1 atom stereocenters. The predicted octanol–water partition coefficient (Wildman–Crippen LogP) is 2.00. The van der Waals surface area contributed by atoms with Gasteiger partial charge in [0.25, 0.3) is 0 Å². The lowest BCUT2D eigenvalue weighted by Crippen LogP contribution is -2.29. The molecule has 2 aliphatic rings. The zero-order chi connectivity index (χ0) is 18.5. The molecule has 4 rings (SSSR count). The minimum Gasteiger partial charge on any atom is -0.506 e. The first-order valence-corrected chi connectivity index (χ1v) is 9.46. The fraction of sp³-hybridized carbons (Fsp3) is 0.167. The Labute approximate surface area is 150 Å². The van der Waals surface area contributed by atoms with Crippen molar-refractivity contribution in [3.05, 3.63) is 71.2 Å². The number of aromatic hydroxyl groups is 1. The molecule has 0 fully saturated rings. The Morgan fingerprint density at radius 2 is 1.92 bits per heavy atom. The van der Waals surface area contributed by atoms with Crippen LogP contribution in [0.5, 0.6) is 5.75 Å². The number of hydrogen-bond acceptors (Lipinski definition) is 5. The summed E-state index contributed by atoms with van der Waals surface area (Å²) in [6.07, 6.45) is 2.08. The van der Waals surface area contributed by atoms with Gasteiger partial charge in [-0.3, -0.25) is 4.79 Å². The number of phenols is 1. The van der Waals surface area contributed by atoms with Crippen LogP contribution in [0, 0.1) is 5.92 Å². The first-order chi connectivity index (χ1) is 12.3. The smallest absolute Gasteiger partial charge is 0.330 e. The number of phenolic OH excluding ortho intramolecular Hbond substituents is 1. The summed E-state index contributed by atoms with van der Waals surface area (Å²) >= 11 is 0. The third-order valence-corrected chi connectivity index (χ3v) is 5.90. The van der Waals surface area contributed by atoms with Crippen LogP contribution >= 0.6 is 0 Å². The summed E-state index contributed by atoms with van der Waals surface area (Å²) in [4.78, 5) is 12.5. The van der Waals surface area contributed by atoms with Crippen molar-refractivity contribution in [3.8, 4) is 5.75 Å². The number of aliphatic hydroxyl groups excluding tert-OH is 1. The van der Waals surface area contributed by atoms with Gasteiger partial charge in [-0.15, -0.1) is 0 Å². The summed E-state index contributed by atoms with van der Waals surface area (Å²) in [5, 5.41) is 19.6. The molecule has 7 nitrogen and oxygen atoms in total. The number of carbonyl (C=O) groups excluding carboxylic acids is 1. The summed E-state index contributed by atoms with van der Waals surface area (Å²) in [5.41, 5.74) is 2.52. The molecule has 0 saturated carbocycles. The van der Waals surface area contributed by atoms with Crippen LogP contribution in [0.1, 0.15) is 21.5 Å².